The molecule has 0 atom stereocenters. The molecule has 0 bridgehead atoms. The Bertz CT molecular complexity index is 585. The zero-order valence-corrected chi connectivity index (χ0v) is 12.9. The van der Waals surface area contributed by atoms with Crippen LogP contribution in [0.3, 0.4) is 0 Å². The van der Waals surface area contributed by atoms with Crippen LogP contribution < -0.4 is 4.72 Å². The maximum absolute atomic E-state index is 12.3. The Morgan fingerprint density at radius 1 is 1.19 bits per heavy atom. The van der Waals surface area contributed by atoms with Crippen molar-refractivity contribution in [1.82, 2.24) is 9.71 Å². The molecule has 1 saturated carbocycles. The number of aromatic nitrogens is 1. The van der Waals surface area contributed by atoms with Crippen LogP contribution in [0.2, 0.25) is 0 Å². The van der Waals surface area contributed by atoms with Crippen LogP contribution >= 0.6 is 0 Å². The Balaban J connectivity index is 2.00. The summed E-state index contributed by atoms with van der Waals surface area (Å²) >= 11 is 0. The number of pyridine rings is 1. The third-order valence-electron chi connectivity index (χ3n) is 3.93. The molecule has 1 aliphatic rings. The van der Waals surface area contributed by atoms with E-state index in [0.29, 0.717) is 19.3 Å². The minimum Gasteiger partial charge on any atom is -0.265 e. The Hall–Kier alpha value is -1.45. The number of rotatable bonds is 5. The monoisotopic (exact) mass is 307 g/mol. The van der Waals surface area contributed by atoms with Gasteiger partial charge in [-0.3, -0.25) is 4.98 Å². The number of sulfonamides is 1. The largest absolute Gasteiger partial charge is 0.265 e. The molecule has 1 heterocycles. The third kappa shape index (κ3) is 4.80. The van der Waals surface area contributed by atoms with Gasteiger partial charge in [-0.25, -0.2) is 8.42 Å². The van der Waals surface area contributed by atoms with Crippen LogP contribution in [-0.2, 0) is 16.4 Å². The van der Waals surface area contributed by atoms with E-state index in [0.717, 1.165) is 31.2 Å². The Morgan fingerprint density at radius 3 is 2.38 bits per heavy atom. The molecule has 2 rings (SSSR count). The van der Waals surface area contributed by atoms with E-state index in [1.807, 2.05) is 0 Å². The fourth-order valence-electron chi connectivity index (χ4n) is 2.72. The van der Waals surface area contributed by atoms with Crippen LogP contribution in [0, 0.1) is 11.3 Å². The lowest BCUT2D eigenvalue weighted by molar-refractivity contribution is 0.422. The fourth-order valence-corrected chi connectivity index (χ4v) is 4.17. The van der Waals surface area contributed by atoms with Crippen molar-refractivity contribution in [2.75, 3.05) is 5.75 Å². The van der Waals surface area contributed by atoms with Gasteiger partial charge in [-0.15, -0.1) is 0 Å². The van der Waals surface area contributed by atoms with E-state index >= 15 is 0 Å². The summed E-state index contributed by atoms with van der Waals surface area (Å²) in [5.41, 5.74) is 0.0235. The van der Waals surface area contributed by atoms with Crippen molar-refractivity contribution >= 4 is 10.0 Å². The van der Waals surface area contributed by atoms with Crippen LogP contribution in [-0.4, -0.2) is 24.7 Å². The molecule has 1 fully saturated rings. The lowest BCUT2D eigenvalue weighted by Crippen LogP contribution is -2.47. The quantitative estimate of drug-likeness (QED) is 0.845. The van der Waals surface area contributed by atoms with E-state index in [1.165, 1.54) is 0 Å². The first-order valence-corrected chi connectivity index (χ1v) is 9.02. The Morgan fingerprint density at radius 2 is 1.81 bits per heavy atom. The predicted molar refractivity (Wildman–Crippen MR) is 80.9 cm³/mol. The summed E-state index contributed by atoms with van der Waals surface area (Å²) in [6.07, 6.45) is 8.90. The van der Waals surface area contributed by atoms with Crippen LogP contribution in [0.5, 0.6) is 0 Å². The van der Waals surface area contributed by atoms with E-state index in [4.69, 9.17) is 0 Å². The van der Waals surface area contributed by atoms with E-state index in [9.17, 15) is 13.7 Å². The summed E-state index contributed by atoms with van der Waals surface area (Å²) in [6, 6.07) is 5.82. The van der Waals surface area contributed by atoms with Gasteiger partial charge in [0.05, 0.1) is 11.8 Å². The van der Waals surface area contributed by atoms with Crippen molar-refractivity contribution in [2.45, 2.75) is 50.5 Å². The van der Waals surface area contributed by atoms with Gasteiger partial charge in [-0.1, -0.05) is 25.7 Å². The topological polar surface area (TPSA) is 82.9 Å². The van der Waals surface area contributed by atoms with Gasteiger partial charge in [-0.05, 0) is 37.0 Å². The molecule has 0 unspecified atom stereocenters. The van der Waals surface area contributed by atoms with Crippen molar-refractivity contribution in [1.29, 1.82) is 5.26 Å². The van der Waals surface area contributed by atoms with Gasteiger partial charge < -0.3 is 0 Å². The summed E-state index contributed by atoms with van der Waals surface area (Å²) in [6.45, 7) is 0. The molecule has 5 nitrogen and oxygen atoms in total. The number of nitrogens with zero attached hydrogens (tertiary/aromatic N) is 2. The van der Waals surface area contributed by atoms with Crippen molar-refractivity contribution in [3.05, 3.63) is 30.1 Å². The summed E-state index contributed by atoms with van der Waals surface area (Å²) < 4.78 is 27.2. The van der Waals surface area contributed by atoms with Crippen LogP contribution in [0.15, 0.2) is 24.5 Å². The van der Waals surface area contributed by atoms with Crippen LogP contribution in [0.4, 0.5) is 0 Å². The van der Waals surface area contributed by atoms with Gasteiger partial charge in [0.1, 0.15) is 5.54 Å². The van der Waals surface area contributed by atoms with E-state index in [2.05, 4.69) is 15.8 Å². The molecule has 0 aliphatic heterocycles. The highest BCUT2D eigenvalue weighted by Crippen LogP contribution is 2.27. The molecule has 0 spiro atoms. The third-order valence-corrected chi connectivity index (χ3v) is 5.37. The van der Waals surface area contributed by atoms with Crippen molar-refractivity contribution in [2.24, 2.45) is 0 Å². The first kappa shape index (κ1) is 15.9. The van der Waals surface area contributed by atoms with Gasteiger partial charge in [-0.2, -0.15) is 9.98 Å². The predicted octanol–water partition coefficient (Wildman–Crippen LogP) is 2.16. The average Bonchev–Trinajstić information content (AvgIpc) is 2.72. The second kappa shape index (κ2) is 7.01. The second-order valence-corrected chi connectivity index (χ2v) is 7.48. The molecule has 1 aromatic rings. The van der Waals surface area contributed by atoms with Gasteiger partial charge in [0.25, 0.3) is 0 Å². The molecule has 21 heavy (non-hydrogen) atoms. The highest BCUT2D eigenvalue weighted by molar-refractivity contribution is 7.89. The standard InChI is InChI=1S/C15H21N3O2S/c16-13-15(8-3-1-2-4-9-15)18-21(19,20)12-7-14-5-10-17-11-6-14/h5-6,10-11,18H,1-4,7-9,12H2. The number of nitrogens with one attached hydrogen (secondary N) is 1. The molecular weight excluding hydrogens is 286 g/mol. The van der Waals surface area contributed by atoms with Crippen LogP contribution in [0.1, 0.15) is 44.1 Å². The van der Waals surface area contributed by atoms with Gasteiger partial charge in [0.2, 0.25) is 10.0 Å². The summed E-state index contributed by atoms with van der Waals surface area (Å²) in [5, 5.41) is 9.43. The van der Waals surface area contributed by atoms with Crippen molar-refractivity contribution in [3.8, 4) is 6.07 Å². The summed E-state index contributed by atoms with van der Waals surface area (Å²) in [7, 11) is -3.46. The van der Waals surface area contributed by atoms with Crippen molar-refractivity contribution in [3.63, 3.8) is 0 Å². The first-order chi connectivity index (χ1) is 10.1. The Kier molecular flexibility index (Phi) is 5.32. The zero-order valence-electron chi connectivity index (χ0n) is 12.1. The minimum atomic E-state index is -3.46. The molecule has 1 N–H and O–H groups in total. The van der Waals surface area contributed by atoms with Gasteiger partial charge in [0, 0.05) is 12.4 Å². The van der Waals surface area contributed by atoms with Crippen LogP contribution in [0.25, 0.3) is 0 Å². The minimum absolute atomic E-state index is 0.000440. The van der Waals surface area contributed by atoms with Gasteiger partial charge >= 0.3 is 0 Å². The van der Waals surface area contributed by atoms with E-state index in [-0.39, 0.29) is 5.75 Å². The average molecular weight is 307 g/mol. The van der Waals surface area contributed by atoms with E-state index in [1.54, 1.807) is 24.5 Å². The Labute approximate surface area is 126 Å². The smallest absolute Gasteiger partial charge is 0.213 e. The zero-order chi connectivity index (χ0) is 15.2. The molecule has 1 aromatic heterocycles. The lowest BCUT2D eigenvalue weighted by atomic mass is 9.94. The second-order valence-electron chi connectivity index (χ2n) is 5.63. The number of nitriles is 1. The maximum Gasteiger partial charge on any atom is 0.213 e. The normalized spacial score (nSPS) is 18.6. The highest BCUT2D eigenvalue weighted by atomic mass is 32.2. The number of hydrogen-bond acceptors (Lipinski definition) is 4. The molecule has 1 aliphatic carbocycles. The first-order valence-electron chi connectivity index (χ1n) is 7.37. The molecular formula is C15H21N3O2S. The summed E-state index contributed by atoms with van der Waals surface area (Å²) in [5.74, 6) is 0.000440. The maximum atomic E-state index is 12.3. The summed E-state index contributed by atoms with van der Waals surface area (Å²) in [4.78, 5) is 3.91. The van der Waals surface area contributed by atoms with Gasteiger partial charge in [0.15, 0.2) is 0 Å². The molecule has 114 valence electrons. The number of aryl methyl sites for hydroxylation is 1. The number of hydrogen-bond donors (Lipinski definition) is 1. The fraction of sp³-hybridized carbons (Fsp3) is 0.600. The molecule has 0 saturated heterocycles. The van der Waals surface area contributed by atoms with Crippen molar-refractivity contribution < 1.29 is 8.42 Å². The lowest BCUT2D eigenvalue weighted by Gasteiger charge is -2.25. The molecule has 0 aromatic carbocycles. The van der Waals surface area contributed by atoms with E-state index < -0.39 is 15.6 Å². The SMILES string of the molecule is N#CC1(NS(=O)(=O)CCc2ccncc2)CCCCCC1. The highest BCUT2D eigenvalue weighted by Gasteiger charge is 2.34. The molecule has 0 radical (unpaired) electrons. The molecule has 0 amide bonds. The molecule has 6 heteroatoms.